The zero-order valence-corrected chi connectivity index (χ0v) is 50.6. The summed E-state index contributed by atoms with van der Waals surface area (Å²) >= 11 is 0. The Morgan fingerprint density at radius 2 is 0.500 bits per heavy atom. The second-order valence-electron chi connectivity index (χ2n) is 20.9. The maximum atomic E-state index is 12.9. The third-order valence-electron chi connectivity index (χ3n) is 13.4. The molecule has 442 valence electrons. The van der Waals surface area contributed by atoms with Crippen molar-refractivity contribution in [2.75, 3.05) is 13.2 Å². The van der Waals surface area contributed by atoms with Crippen molar-refractivity contribution in [2.45, 2.75) is 290 Å². The predicted molar refractivity (Wildman–Crippen MR) is 339 cm³/mol. The summed E-state index contributed by atoms with van der Waals surface area (Å²) < 4.78 is 16.9. The zero-order chi connectivity index (χ0) is 56.4. The Morgan fingerprint density at radius 1 is 0.269 bits per heavy atom. The van der Waals surface area contributed by atoms with Gasteiger partial charge in [0.25, 0.3) is 0 Å². The zero-order valence-electron chi connectivity index (χ0n) is 50.6. The average molecular weight is 1080 g/mol. The number of ether oxygens (including phenoxy) is 3. The van der Waals surface area contributed by atoms with Gasteiger partial charge in [0.05, 0.1) is 0 Å². The number of rotatable bonds is 57. The Balaban J connectivity index is 4.48. The van der Waals surface area contributed by atoms with Crippen LogP contribution in [0.1, 0.15) is 284 Å². The van der Waals surface area contributed by atoms with Gasteiger partial charge in [-0.25, -0.2) is 0 Å². The minimum absolute atomic E-state index is 0.0991. The summed E-state index contributed by atoms with van der Waals surface area (Å²) in [5.74, 6) is -0.943. The quantitative estimate of drug-likeness (QED) is 0.0261. The SMILES string of the molecule is CC/C=C\C/C=C\C/C=C\C/C=C\C/C=C\C/C=C\C/C=C\CCCCCC(=O)OCC(COC(=O)CCCCCCCCC/C=C\C/C=C\C/C=C\CC)OC(=O)CCCCCCCCC/C=C\CCCCCCCCC. The van der Waals surface area contributed by atoms with Crippen molar-refractivity contribution >= 4 is 17.9 Å². The van der Waals surface area contributed by atoms with Gasteiger partial charge in [-0.05, 0) is 135 Å². The predicted octanol–water partition coefficient (Wildman–Crippen LogP) is 22.2. The van der Waals surface area contributed by atoms with Crippen LogP contribution in [0.25, 0.3) is 0 Å². The van der Waals surface area contributed by atoms with Gasteiger partial charge in [-0.15, -0.1) is 0 Å². The molecule has 0 saturated heterocycles. The van der Waals surface area contributed by atoms with Crippen LogP contribution < -0.4 is 0 Å². The van der Waals surface area contributed by atoms with Gasteiger partial charge < -0.3 is 14.2 Å². The van der Waals surface area contributed by atoms with E-state index in [0.29, 0.717) is 19.3 Å². The lowest BCUT2D eigenvalue weighted by atomic mass is 10.1. The third kappa shape index (κ3) is 62.4. The van der Waals surface area contributed by atoms with Gasteiger partial charge >= 0.3 is 17.9 Å². The Hall–Kier alpha value is -4.45. The third-order valence-corrected chi connectivity index (χ3v) is 13.4. The molecule has 0 spiro atoms. The van der Waals surface area contributed by atoms with Crippen molar-refractivity contribution in [3.8, 4) is 0 Å². The van der Waals surface area contributed by atoms with Gasteiger partial charge in [0.15, 0.2) is 6.10 Å². The number of unbranched alkanes of at least 4 members (excludes halogenated alkanes) is 24. The Kier molecular flexibility index (Phi) is 61.4. The summed E-state index contributed by atoms with van der Waals surface area (Å²) in [6.45, 7) is 6.39. The summed E-state index contributed by atoms with van der Waals surface area (Å²) in [5, 5.41) is 0. The van der Waals surface area contributed by atoms with E-state index in [0.717, 1.165) is 135 Å². The van der Waals surface area contributed by atoms with Crippen LogP contribution in [0.5, 0.6) is 0 Å². The summed E-state index contributed by atoms with van der Waals surface area (Å²) in [4.78, 5) is 38.4. The molecular formula is C72H118O6. The van der Waals surface area contributed by atoms with Gasteiger partial charge in [0.1, 0.15) is 13.2 Å². The van der Waals surface area contributed by atoms with Gasteiger partial charge in [0, 0.05) is 19.3 Å². The number of esters is 3. The number of allylic oxidation sites excluding steroid dienone is 22. The van der Waals surface area contributed by atoms with Crippen molar-refractivity contribution in [2.24, 2.45) is 0 Å². The van der Waals surface area contributed by atoms with E-state index in [1.807, 2.05) is 0 Å². The fourth-order valence-electron chi connectivity index (χ4n) is 8.61. The summed E-state index contributed by atoms with van der Waals surface area (Å²) in [6.07, 6.45) is 91.6. The Labute approximate surface area is 481 Å². The van der Waals surface area contributed by atoms with E-state index in [9.17, 15) is 14.4 Å². The van der Waals surface area contributed by atoms with E-state index in [2.05, 4.69) is 154 Å². The minimum atomic E-state index is -0.805. The number of hydrogen-bond acceptors (Lipinski definition) is 6. The van der Waals surface area contributed by atoms with E-state index in [1.165, 1.54) is 109 Å². The molecule has 78 heavy (non-hydrogen) atoms. The number of carbonyl (C=O) groups is 3. The highest BCUT2D eigenvalue weighted by atomic mass is 16.6. The largest absolute Gasteiger partial charge is 0.462 e. The van der Waals surface area contributed by atoms with Crippen LogP contribution in [0.15, 0.2) is 134 Å². The maximum absolute atomic E-state index is 12.9. The fourth-order valence-corrected chi connectivity index (χ4v) is 8.61. The van der Waals surface area contributed by atoms with Crippen LogP contribution in [-0.4, -0.2) is 37.2 Å². The van der Waals surface area contributed by atoms with Crippen LogP contribution in [0.4, 0.5) is 0 Å². The topological polar surface area (TPSA) is 78.9 Å². The van der Waals surface area contributed by atoms with E-state index in [1.54, 1.807) is 0 Å². The molecule has 1 unspecified atom stereocenters. The Morgan fingerprint density at radius 3 is 0.808 bits per heavy atom. The first-order chi connectivity index (χ1) is 38.5. The highest BCUT2D eigenvalue weighted by molar-refractivity contribution is 5.71. The number of carbonyl (C=O) groups excluding carboxylic acids is 3. The van der Waals surface area contributed by atoms with Gasteiger partial charge in [-0.3, -0.25) is 14.4 Å². The second-order valence-corrected chi connectivity index (χ2v) is 20.9. The van der Waals surface area contributed by atoms with Crippen LogP contribution in [-0.2, 0) is 28.6 Å². The van der Waals surface area contributed by atoms with E-state index in [-0.39, 0.29) is 31.1 Å². The first-order valence-electron chi connectivity index (χ1n) is 32.2. The molecule has 0 aromatic carbocycles. The smallest absolute Gasteiger partial charge is 0.306 e. The lowest BCUT2D eigenvalue weighted by Gasteiger charge is -2.18. The molecule has 0 aliphatic heterocycles. The van der Waals surface area contributed by atoms with Gasteiger partial charge in [-0.2, -0.15) is 0 Å². The molecule has 0 aliphatic rings. The molecule has 6 heteroatoms. The Bertz CT molecular complexity index is 1670. The molecule has 0 aliphatic carbocycles. The van der Waals surface area contributed by atoms with E-state index in [4.69, 9.17) is 14.2 Å². The summed E-state index contributed by atoms with van der Waals surface area (Å²) in [5.41, 5.74) is 0. The standard InChI is InChI=1S/C72H118O6/c1-4-7-10-13-16-19-22-25-28-31-33-34-35-36-37-38-39-42-44-47-50-53-56-59-62-65-71(74)77-68-69(67-76-70(73)64-61-58-55-52-49-46-43-40-30-27-24-21-18-15-12-9-6-3)78-72(75)66-63-60-57-54-51-48-45-41-32-29-26-23-20-17-14-11-8-5-2/h7,9-10,12,16,18-19,21,25,27-30,32-34,36-37,39,42,47,50,69H,4-6,8,11,13-15,17,20,22-24,26,31,35,38,40-41,43-46,48-49,51-68H2,1-3H3/b10-7-,12-9-,19-16-,21-18-,28-25-,30-27-,32-29-,34-33-,37-36-,42-39-,50-47-. The van der Waals surface area contributed by atoms with Crippen molar-refractivity contribution in [3.63, 3.8) is 0 Å². The number of hydrogen-bond donors (Lipinski definition) is 0. The van der Waals surface area contributed by atoms with Gasteiger partial charge in [-0.1, -0.05) is 264 Å². The average Bonchev–Trinajstić information content (AvgIpc) is 3.44. The van der Waals surface area contributed by atoms with Gasteiger partial charge in [0.2, 0.25) is 0 Å². The normalized spacial score (nSPS) is 13.0. The van der Waals surface area contributed by atoms with Crippen molar-refractivity contribution in [3.05, 3.63) is 134 Å². The molecule has 1 atom stereocenters. The first kappa shape index (κ1) is 73.5. The molecule has 0 bridgehead atoms. The van der Waals surface area contributed by atoms with E-state index >= 15 is 0 Å². The van der Waals surface area contributed by atoms with Crippen molar-refractivity contribution < 1.29 is 28.6 Å². The lowest BCUT2D eigenvalue weighted by Crippen LogP contribution is -2.30. The lowest BCUT2D eigenvalue weighted by molar-refractivity contribution is -0.167. The molecule has 0 saturated carbocycles. The van der Waals surface area contributed by atoms with Crippen LogP contribution in [0.2, 0.25) is 0 Å². The van der Waals surface area contributed by atoms with Crippen molar-refractivity contribution in [1.82, 2.24) is 0 Å². The molecule has 0 aromatic rings. The molecule has 0 heterocycles. The maximum Gasteiger partial charge on any atom is 0.306 e. The molecule has 0 aromatic heterocycles. The molecular weight excluding hydrogens is 961 g/mol. The van der Waals surface area contributed by atoms with E-state index < -0.39 is 6.10 Å². The summed E-state index contributed by atoms with van der Waals surface area (Å²) in [7, 11) is 0. The van der Waals surface area contributed by atoms with Crippen LogP contribution in [0.3, 0.4) is 0 Å². The highest BCUT2D eigenvalue weighted by Crippen LogP contribution is 2.15. The molecule has 0 amide bonds. The molecule has 0 fully saturated rings. The fraction of sp³-hybridized carbons (Fsp3) is 0.653. The summed E-state index contributed by atoms with van der Waals surface area (Å²) in [6, 6.07) is 0. The van der Waals surface area contributed by atoms with Crippen molar-refractivity contribution in [1.29, 1.82) is 0 Å². The van der Waals surface area contributed by atoms with Crippen LogP contribution in [0, 0.1) is 0 Å². The minimum Gasteiger partial charge on any atom is -0.462 e. The first-order valence-corrected chi connectivity index (χ1v) is 32.2. The highest BCUT2D eigenvalue weighted by Gasteiger charge is 2.19. The molecule has 0 radical (unpaired) electrons. The molecule has 0 rings (SSSR count). The van der Waals surface area contributed by atoms with Crippen LogP contribution >= 0.6 is 0 Å². The monoisotopic (exact) mass is 1080 g/mol. The second kappa shape index (κ2) is 65.1. The molecule has 6 nitrogen and oxygen atoms in total. The molecule has 0 N–H and O–H groups in total.